The van der Waals surface area contributed by atoms with Crippen LogP contribution in [0.5, 0.6) is 0 Å². The molecule has 0 aromatic carbocycles. The molecule has 2 rings (SSSR count). The van der Waals surface area contributed by atoms with E-state index in [1.165, 1.54) is 0 Å². The van der Waals surface area contributed by atoms with Crippen molar-refractivity contribution in [3.63, 3.8) is 0 Å². The number of urea groups is 1. The Morgan fingerprint density at radius 1 is 1.55 bits per heavy atom. The van der Waals surface area contributed by atoms with Crippen LogP contribution >= 0.6 is 0 Å². The summed E-state index contributed by atoms with van der Waals surface area (Å²) >= 11 is 0. The first-order valence-corrected chi connectivity index (χ1v) is 3.61. The van der Waals surface area contributed by atoms with E-state index in [9.17, 15) is 4.79 Å². The zero-order chi connectivity index (χ0) is 7.68. The molecule has 0 aromatic rings. The Bertz CT molecular complexity index is 213. The zero-order valence-electron chi connectivity index (χ0n) is 6.05. The van der Waals surface area contributed by atoms with Gasteiger partial charge in [-0.25, -0.2) is 10.2 Å². The van der Waals surface area contributed by atoms with E-state index < -0.39 is 0 Å². The minimum atomic E-state index is -0.0657. The van der Waals surface area contributed by atoms with E-state index in [0.29, 0.717) is 6.54 Å². The fourth-order valence-corrected chi connectivity index (χ4v) is 1.24. The van der Waals surface area contributed by atoms with Gasteiger partial charge in [0.1, 0.15) is 0 Å². The summed E-state index contributed by atoms with van der Waals surface area (Å²) in [5.41, 5.74) is 6.33. The first-order chi connectivity index (χ1) is 5.38. The van der Waals surface area contributed by atoms with Crippen molar-refractivity contribution in [2.75, 3.05) is 19.6 Å². The number of nitrogens with one attached hydrogen (secondary N) is 3. The molecule has 5 nitrogen and oxygen atoms in total. The average molecular weight is 154 g/mol. The molecule has 11 heavy (non-hydrogen) atoms. The molecule has 2 aliphatic heterocycles. The van der Waals surface area contributed by atoms with Gasteiger partial charge in [0.2, 0.25) is 0 Å². The van der Waals surface area contributed by atoms with Crippen molar-refractivity contribution in [1.82, 2.24) is 21.1 Å². The third-order valence-corrected chi connectivity index (χ3v) is 1.81. The summed E-state index contributed by atoms with van der Waals surface area (Å²) < 4.78 is 0. The van der Waals surface area contributed by atoms with Crippen molar-refractivity contribution < 1.29 is 4.79 Å². The Hall–Kier alpha value is -1.23. The van der Waals surface area contributed by atoms with E-state index in [0.717, 1.165) is 18.8 Å². The highest BCUT2D eigenvalue weighted by molar-refractivity contribution is 5.76. The van der Waals surface area contributed by atoms with Gasteiger partial charge >= 0.3 is 6.03 Å². The molecule has 1 saturated heterocycles. The van der Waals surface area contributed by atoms with Gasteiger partial charge in [-0.05, 0) is 0 Å². The Morgan fingerprint density at radius 3 is 3.27 bits per heavy atom. The highest BCUT2D eigenvalue weighted by Gasteiger charge is 2.23. The van der Waals surface area contributed by atoms with E-state index in [2.05, 4.69) is 16.2 Å². The second kappa shape index (κ2) is 2.43. The van der Waals surface area contributed by atoms with Crippen molar-refractivity contribution in [1.29, 1.82) is 0 Å². The number of fused-ring (bicyclic) bond motifs is 1. The van der Waals surface area contributed by atoms with Gasteiger partial charge in [-0.15, -0.1) is 0 Å². The molecular weight excluding hydrogens is 144 g/mol. The largest absolute Gasteiger partial charge is 0.388 e. The number of amides is 2. The lowest BCUT2D eigenvalue weighted by atomic mass is 10.3. The zero-order valence-corrected chi connectivity index (χ0v) is 6.05. The minimum Gasteiger partial charge on any atom is -0.388 e. The molecule has 2 heterocycles. The molecule has 5 heteroatoms. The van der Waals surface area contributed by atoms with Crippen molar-refractivity contribution in [2.45, 2.75) is 0 Å². The molecule has 0 aromatic heterocycles. The summed E-state index contributed by atoms with van der Waals surface area (Å²) in [6.45, 7) is 2.27. The summed E-state index contributed by atoms with van der Waals surface area (Å²) in [7, 11) is 0. The quantitative estimate of drug-likeness (QED) is 0.418. The first kappa shape index (κ1) is 6.48. The van der Waals surface area contributed by atoms with Crippen LogP contribution in [-0.4, -0.2) is 30.6 Å². The predicted octanol–water partition coefficient (Wildman–Crippen LogP) is -1.04. The van der Waals surface area contributed by atoms with Crippen molar-refractivity contribution >= 4 is 6.03 Å². The average Bonchev–Trinajstić information content (AvgIpc) is 2.06. The third-order valence-electron chi connectivity index (χ3n) is 1.81. The van der Waals surface area contributed by atoms with E-state index in [1.54, 1.807) is 4.90 Å². The molecule has 1 fully saturated rings. The van der Waals surface area contributed by atoms with Gasteiger partial charge in [0, 0.05) is 19.3 Å². The third kappa shape index (κ3) is 1.03. The van der Waals surface area contributed by atoms with Crippen LogP contribution in [0.15, 0.2) is 11.9 Å². The molecule has 2 amide bonds. The summed E-state index contributed by atoms with van der Waals surface area (Å²) in [6.07, 6.45) is 1.87. The molecule has 0 unspecified atom stereocenters. The lowest BCUT2D eigenvalue weighted by Gasteiger charge is -2.33. The molecule has 0 aliphatic carbocycles. The lowest BCUT2D eigenvalue weighted by molar-refractivity contribution is 0.192. The number of hydrogen-bond acceptors (Lipinski definition) is 3. The Labute approximate surface area is 64.4 Å². The lowest BCUT2D eigenvalue weighted by Crippen LogP contribution is -2.56. The fourth-order valence-electron chi connectivity index (χ4n) is 1.24. The standard InChI is InChI=1S/C6H10N4O/c11-6-9-8-4-5-3-7-1-2-10(5)6/h3,7-8H,1-2,4H2,(H,9,11). The predicted molar refractivity (Wildman–Crippen MR) is 39.3 cm³/mol. The number of hydrogen-bond donors (Lipinski definition) is 3. The molecule has 0 atom stereocenters. The molecule has 0 spiro atoms. The van der Waals surface area contributed by atoms with E-state index in [4.69, 9.17) is 0 Å². The van der Waals surface area contributed by atoms with Crippen molar-refractivity contribution in [3.05, 3.63) is 11.9 Å². The second-order valence-corrected chi connectivity index (χ2v) is 2.53. The highest BCUT2D eigenvalue weighted by atomic mass is 16.2. The summed E-state index contributed by atoms with van der Waals surface area (Å²) in [4.78, 5) is 12.8. The summed E-state index contributed by atoms with van der Waals surface area (Å²) in [5, 5.41) is 3.08. The smallest absolute Gasteiger partial charge is 0.336 e. The number of hydrazine groups is 1. The maximum atomic E-state index is 11.1. The Balaban J connectivity index is 2.20. The number of rotatable bonds is 0. The Morgan fingerprint density at radius 2 is 2.45 bits per heavy atom. The molecule has 0 saturated carbocycles. The van der Waals surface area contributed by atoms with E-state index in [-0.39, 0.29) is 6.03 Å². The van der Waals surface area contributed by atoms with Crippen LogP contribution in [0.25, 0.3) is 0 Å². The number of carbonyl (C=O) groups excluding carboxylic acids is 1. The molecule has 0 bridgehead atoms. The van der Waals surface area contributed by atoms with Crippen LogP contribution in [0.2, 0.25) is 0 Å². The Kier molecular flexibility index (Phi) is 1.43. The first-order valence-electron chi connectivity index (χ1n) is 3.61. The maximum Gasteiger partial charge on any atom is 0.336 e. The van der Waals surface area contributed by atoms with Crippen molar-refractivity contribution in [3.8, 4) is 0 Å². The molecule has 0 radical (unpaired) electrons. The van der Waals surface area contributed by atoms with Gasteiger partial charge in [0.15, 0.2) is 0 Å². The van der Waals surface area contributed by atoms with Gasteiger partial charge in [0.05, 0.1) is 12.2 Å². The minimum absolute atomic E-state index is 0.0657. The van der Waals surface area contributed by atoms with Gasteiger partial charge in [-0.2, -0.15) is 0 Å². The molecule has 60 valence electrons. The number of nitrogens with zero attached hydrogens (tertiary/aromatic N) is 1. The van der Waals surface area contributed by atoms with Crippen LogP contribution in [0.4, 0.5) is 4.79 Å². The van der Waals surface area contributed by atoms with Gasteiger partial charge < -0.3 is 5.32 Å². The highest BCUT2D eigenvalue weighted by Crippen LogP contribution is 2.07. The summed E-state index contributed by atoms with van der Waals surface area (Å²) in [6, 6.07) is -0.0657. The molecule has 3 N–H and O–H groups in total. The molecule has 2 aliphatic rings. The molecular formula is C6H10N4O. The fraction of sp³-hybridized carbons (Fsp3) is 0.500. The monoisotopic (exact) mass is 154 g/mol. The van der Waals surface area contributed by atoms with Crippen LogP contribution in [0.3, 0.4) is 0 Å². The van der Waals surface area contributed by atoms with Gasteiger partial charge in [-0.3, -0.25) is 10.3 Å². The van der Waals surface area contributed by atoms with Crippen LogP contribution in [0, 0.1) is 0 Å². The normalized spacial score (nSPS) is 23.1. The van der Waals surface area contributed by atoms with Crippen molar-refractivity contribution in [2.24, 2.45) is 0 Å². The van der Waals surface area contributed by atoms with E-state index in [1.807, 2.05) is 6.20 Å². The number of carbonyl (C=O) groups is 1. The van der Waals surface area contributed by atoms with Crippen LogP contribution < -0.4 is 16.2 Å². The maximum absolute atomic E-state index is 11.1. The SMILES string of the molecule is O=C1NNCC2=CNCCN12. The van der Waals surface area contributed by atoms with Crippen LogP contribution in [-0.2, 0) is 0 Å². The van der Waals surface area contributed by atoms with E-state index >= 15 is 0 Å². The summed E-state index contributed by atoms with van der Waals surface area (Å²) in [5.74, 6) is 0. The second-order valence-electron chi connectivity index (χ2n) is 2.53. The van der Waals surface area contributed by atoms with Gasteiger partial charge in [-0.1, -0.05) is 0 Å². The van der Waals surface area contributed by atoms with Crippen LogP contribution in [0.1, 0.15) is 0 Å². The van der Waals surface area contributed by atoms with Gasteiger partial charge in [0.25, 0.3) is 0 Å². The topological polar surface area (TPSA) is 56.4 Å².